The molecule has 2 aromatic heterocycles. The van der Waals surface area contributed by atoms with Crippen molar-refractivity contribution in [2.75, 3.05) is 0 Å². The molecule has 1 amide bonds. The van der Waals surface area contributed by atoms with Crippen molar-refractivity contribution in [1.82, 2.24) is 14.9 Å². The van der Waals surface area contributed by atoms with Gasteiger partial charge in [-0.15, -0.1) is 0 Å². The molecule has 1 atom stereocenters. The van der Waals surface area contributed by atoms with E-state index >= 15 is 0 Å². The van der Waals surface area contributed by atoms with Gasteiger partial charge in [-0.25, -0.2) is 4.39 Å². The monoisotopic (exact) mass is 367 g/mol. The summed E-state index contributed by atoms with van der Waals surface area (Å²) in [6.07, 6.45) is 4.47. The number of carbonyl (C=O) groups excluding carboxylic acids is 1. The maximum atomic E-state index is 14.0. The second-order valence-corrected chi connectivity index (χ2v) is 6.79. The van der Waals surface area contributed by atoms with Gasteiger partial charge in [0.05, 0.1) is 5.52 Å². The van der Waals surface area contributed by atoms with Crippen molar-refractivity contribution >= 4 is 16.8 Å². The number of aromatic hydroxyl groups is 1. The molecule has 0 saturated carbocycles. The zero-order chi connectivity index (χ0) is 19.1. The molecular weight excluding hydrogens is 349 g/mol. The van der Waals surface area contributed by atoms with E-state index in [0.29, 0.717) is 23.9 Å². The van der Waals surface area contributed by atoms with Gasteiger partial charge in [-0.2, -0.15) is 0 Å². The summed E-state index contributed by atoms with van der Waals surface area (Å²) >= 11 is 0. The second kappa shape index (κ2) is 6.50. The Hall–Kier alpha value is -3.22. The smallest absolute Gasteiger partial charge is 0.267 e. The highest BCUT2D eigenvalue weighted by Crippen LogP contribution is 2.35. The molecule has 6 nitrogen and oxygen atoms in total. The molecule has 3 aromatic rings. The number of hydrogen-bond acceptors (Lipinski definition) is 4. The maximum absolute atomic E-state index is 14.0. The zero-order valence-corrected chi connectivity index (χ0v) is 14.7. The number of hydrogen-bond donors (Lipinski definition) is 2. The molecule has 2 N–H and O–H groups in total. The fourth-order valence-corrected chi connectivity index (χ4v) is 3.66. The number of carbonyl (C=O) groups is 1. The summed E-state index contributed by atoms with van der Waals surface area (Å²) in [7, 11) is 0. The number of nitrogens with one attached hydrogen (secondary N) is 1. The highest BCUT2D eigenvalue weighted by Gasteiger charge is 2.28. The number of rotatable bonds is 3. The Labute approximate surface area is 154 Å². The summed E-state index contributed by atoms with van der Waals surface area (Å²) in [6.45, 7) is 2.06. The van der Waals surface area contributed by atoms with Gasteiger partial charge in [0.1, 0.15) is 17.1 Å². The first kappa shape index (κ1) is 17.2. The molecule has 1 aliphatic rings. The predicted molar refractivity (Wildman–Crippen MR) is 98.3 cm³/mol. The quantitative estimate of drug-likeness (QED) is 0.745. The summed E-state index contributed by atoms with van der Waals surface area (Å²) in [5.74, 6) is -1.67. The molecule has 0 unspecified atom stereocenters. The Morgan fingerprint density at radius 2 is 2.11 bits per heavy atom. The molecule has 138 valence electrons. The molecule has 1 aliphatic heterocycles. The van der Waals surface area contributed by atoms with Gasteiger partial charge in [0, 0.05) is 30.4 Å². The molecule has 0 saturated heterocycles. The van der Waals surface area contributed by atoms with Crippen molar-refractivity contribution in [3.05, 3.63) is 69.5 Å². The van der Waals surface area contributed by atoms with Crippen LogP contribution < -0.4 is 10.9 Å². The summed E-state index contributed by atoms with van der Waals surface area (Å²) in [5, 5.41) is 13.5. The van der Waals surface area contributed by atoms with Crippen LogP contribution in [0.3, 0.4) is 0 Å². The number of benzene rings is 1. The third kappa shape index (κ3) is 2.85. The van der Waals surface area contributed by atoms with Crippen LogP contribution in [-0.4, -0.2) is 20.6 Å². The van der Waals surface area contributed by atoms with Crippen molar-refractivity contribution < 1.29 is 14.3 Å². The van der Waals surface area contributed by atoms with E-state index in [4.69, 9.17) is 0 Å². The largest absolute Gasteiger partial charge is 0.506 e. The first-order chi connectivity index (χ1) is 13.0. The van der Waals surface area contributed by atoms with E-state index < -0.39 is 23.0 Å². The lowest BCUT2D eigenvalue weighted by Crippen LogP contribution is -2.36. The van der Waals surface area contributed by atoms with E-state index in [1.807, 2.05) is 6.92 Å². The van der Waals surface area contributed by atoms with Crippen LogP contribution in [0.2, 0.25) is 0 Å². The number of aromatic nitrogens is 2. The third-order valence-corrected chi connectivity index (χ3v) is 5.02. The van der Waals surface area contributed by atoms with E-state index in [-0.39, 0.29) is 23.5 Å². The van der Waals surface area contributed by atoms with Crippen molar-refractivity contribution in [2.45, 2.75) is 32.4 Å². The molecule has 4 rings (SSSR count). The molecule has 0 bridgehead atoms. The van der Waals surface area contributed by atoms with Crippen LogP contribution in [0.5, 0.6) is 5.75 Å². The normalized spacial score (nSPS) is 15.7. The van der Waals surface area contributed by atoms with Crippen molar-refractivity contribution in [3.8, 4) is 5.75 Å². The van der Waals surface area contributed by atoms with Gasteiger partial charge in [-0.1, -0.05) is 0 Å². The molecule has 0 aliphatic carbocycles. The standard InChI is InChI=1S/C20H18FN3O3/c1-11-2-3-13-8-14(21)9-15-17(13)24(11)20(27)16(18(15)25)19(26)23-10-12-4-6-22-7-5-12/h4-9,11,25H,2-3,10H2,1H3,(H,23,26)/t11-/m0/s1. The SMILES string of the molecule is C[C@H]1CCc2cc(F)cc3c(O)c(C(=O)NCc4ccncc4)c(=O)n1c23. The molecule has 0 spiro atoms. The lowest BCUT2D eigenvalue weighted by atomic mass is 9.95. The minimum Gasteiger partial charge on any atom is -0.506 e. The average molecular weight is 367 g/mol. The van der Waals surface area contributed by atoms with Crippen molar-refractivity contribution in [2.24, 2.45) is 0 Å². The summed E-state index contributed by atoms with van der Waals surface area (Å²) in [4.78, 5) is 29.6. The van der Waals surface area contributed by atoms with Crippen LogP contribution >= 0.6 is 0 Å². The fraction of sp³-hybridized carbons (Fsp3) is 0.250. The predicted octanol–water partition coefficient (Wildman–Crippen LogP) is 2.68. The van der Waals surface area contributed by atoms with E-state index in [9.17, 15) is 19.1 Å². The lowest BCUT2D eigenvalue weighted by molar-refractivity contribution is 0.0946. The Bertz CT molecular complexity index is 1110. The van der Waals surface area contributed by atoms with E-state index in [2.05, 4.69) is 10.3 Å². The number of amides is 1. The van der Waals surface area contributed by atoms with Gasteiger partial charge >= 0.3 is 0 Å². The van der Waals surface area contributed by atoms with Gasteiger partial charge in [0.15, 0.2) is 0 Å². The van der Waals surface area contributed by atoms with Gasteiger partial charge in [-0.3, -0.25) is 14.6 Å². The minimum atomic E-state index is -0.691. The van der Waals surface area contributed by atoms with Crippen LogP contribution in [0.1, 0.15) is 40.9 Å². The first-order valence-electron chi connectivity index (χ1n) is 8.74. The summed E-state index contributed by atoms with van der Waals surface area (Å²) < 4.78 is 15.5. The number of halogens is 1. The molecule has 1 aromatic carbocycles. The molecule has 0 fully saturated rings. The fourth-order valence-electron chi connectivity index (χ4n) is 3.66. The average Bonchev–Trinajstić information content (AvgIpc) is 2.66. The number of nitrogens with zero attached hydrogens (tertiary/aromatic N) is 2. The van der Waals surface area contributed by atoms with Gasteiger partial charge in [0.25, 0.3) is 11.5 Å². The zero-order valence-electron chi connectivity index (χ0n) is 14.7. The Balaban J connectivity index is 1.84. The summed E-state index contributed by atoms with van der Waals surface area (Å²) in [5.41, 5.74) is 1.05. The molecule has 0 radical (unpaired) electrons. The minimum absolute atomic E-state index is 0.148. The van der Waals surface area contributed by atoms with Gasteiger partial charge in [0.2, 0.25) is 0 Å². The van der Waals surface area contributed by atoms with Crippen LogP contribution in [-0.2, 0) is 13.0 Å². The van der Waals surface area contributed by atoms with Gasteiger partial charge < -0.3 is 15.0 Å². The van der Waals surface area contributed by atoms with E-state index in [1.54, 1.807) is 24.5 Å². The van der Waals surface area contributed by atoms with E-state index in [0.717, 1.165) is 5.56 Å². The topological polar surface area (TPSA) is 84.2 Å². The number of pyridine rings is 2. The van der Waals surface area contributed by atoms with Gasteiger partial charge in [-0.05, 0) is 55.2 Å². The second-order valence-electron chi connectivity index (χ2n) is 6.79. The summed E-state index contributed by atoms with van der Waals surface area (Å²) in [6, 6.07) is 5.88. The number of aryl methyl sites for hydroxylation is 1. The Morgan fingerprint density at radius 1 is 1.37 bits per heavy atom. The Kier molecular flexibility index (Phi) is 4.14. The highest BCUT2D eigenvalue weighted by atomic mass is 19.1. The van der Waals surface area contributed by atoms with Crippen LogP contribution in [0.25, 0.3) is 10.9 Å². The van der Waals surface area contributed by atoms with Crippen molar-refractivity contribution in [3.63, 3.8) is 0 Å². The highest BCUT2D eigenvalue weighted by molar-refractivity contribution is 6.03. The first-order valence-corrected chi connectivity index (χ1v) is 8.74. The van der Waals surface area contributed by atoms with Crippen LogP contribution in [0.15, 0.2) is 41.5 Å². The molecular formula is C20H18FN3O3. The van der Waals surface area contributed by atoms with Crippen LogP contribution in [0.4, 0.5) is 4.39 Å². The lowest BCUT2D eigenvalue weighted by Gasteiger charge is -2.26. The van der Waals surface area contributed by atoms with Crippen molar-refractivity contribution in [1.29, 1.82) is 0 Å². The molecule has 3 heterocycles. The maximum Gasteiger partial charge on any atom is 0.267 e. The Morgan fingerprint density at radius 3 is 2.85 bits per heavy atom. The van der Waals surface area contributed by atoms with Crippen LogP contribution in [0, 0.1) is 5.82 Å². The third-order valence-electron chi connectivity index (χ3n) is 5.02. The van der Waals surface area contributed by atoms with E-state index in [1.165, 1.54) is 16.7 Å². The molecule has 27 heavy (non-hydrogen) atoms. The molecule has 7 heteroatoms.